The summed E-state index contributed by atoms with van der Waals surface area (Å²) in [7, 11) is 0. The molecule has 0 spiro atoms. The second-order valence-electron chi connectivity index (χ2n) is 4.65. The summed E-state index contributed by atoms with van der Waals surface area (Å²) in [6, 6.07) is 10.2. The van der Waals surface area contributed by atoms with E-state index in [1.165, 1.54) is 38.8 Å². The molecule has 1 aromatic rings. The topological polar surface area (TPSA) is 3.24 Å². The summed E-state index contributed by atoms with van der Waals surface area (Å²) in [6.07, 6.45) is 5.07. The first kappa shape index (κ1) is 14.8. The van der Waals surface area contributed by atoms with Crippen molar-refractivity contribution in [1.82, 2.24) is 4.90 Å². The average molecular weight is 243 g/mol. The van der Waals surface area contributed by atoms with Crippen LogP contribution in [-0.2, 0) is 0 Å². The van der Waals surface area contributed by atoms with Gasteiger partial charge in [-0.15, -0.1) is 0 Å². The van der Waals surface area contributed by atoms with Crippen LogP contribution in [0, 0.1) is 11.8 Å². The van der Waals surface area contributed by atoms with Gasteiger partial charge in [0.05, 0.1) is 6.54 Å². The van der Waals surface area contributed by atoms with Crippen LogP contribution in [0.15, 0.2) is 30.3 Å². The van der Waals surface area contributed by atoms with Gasteiger partial charge in [0.15, 0.2) is 0 Å². The molecular weight excluding hydrogens is 218 g/mol. The Morgan fingerprint density at radius 2 is 1.56 bits per heavy atom. The van der Waals surface area contributed by atoms with E-state index in [0.29, 0.717) is 0 Å². The van der Waals surface area contributed by atoms with Crippen LogP contribution in [0.3, 0.4) is 0 Å². The molecule has 1 rings (SSSR count). The maximum atomic E-state index is 3.30. The third-order valence-corrected chi connectivity index (χ3v) is 2.96. The van der Waals surface area contributed by atoms with Gasteiger partial charge in [-0.1, -0.05) is 56.7 Å². The minimum absolute atomic E-state index is 0.898. The molecule has 0 fully saturated rings. The lowest BCUT2D eigenvalue weighted by Crippen LogP contribution is -2.26. The molecule has 0 saturated carbocycles. The van der Waals surface area contributed by atoms with E-state index in [1.807, 2.05) is 18.2 Å². The highest BCUT2D eigenvalue weighted by Crippen LogP contribution is 1.99. The van der Waals surface area contributed by atoms with E-state index in [1.54, 1.807) is 0 Å². The highest BCUT2D eigenvalue weighted by Gasteiger charge is 2.00. The number of benzene rings is 1. The standard InChI is InChI=1S/C17H25N/c1-3-5-14-18(15-6-4-2)16-10-13-17-11-8-7-9-12-17/h7-9,11-12H,3-6,14-16H2,1-2H3. The van der Waals surface area contributed by atoms with Crippen molar-refractivity contribution in [3.8, 4) is 11.8 Å². The van der Waals surface area contributed by atoms with Crippen LogP contribution in [0.1, 0.15) is 45.1 Å². The fourth-order valence-electron chi connectivity index (χ4n) is 1.81. The third kappa shape index (κ3) is 6.47. The summed E-state index contributed by atoms with van der Waals surface area (Å²) in [5, 5.41) is 0. The SMILES string of the molecule is CCCCN(CC#Cc1ccccc1)CCCC. The summed E-state index contributed by atoms with van der Waals surface area (Å²) in [6.45, 7) is 7.75. The van der Waals surface area contributed by atoms with Crippen molar-refractivity contribution >= 4 is 0 Å². The van der Waals surface area contributed by atoms with Crippen LogP contribution in [0.5, 0.6) is 0 Å². The molecule has 0 saturated heterocycles. The largest absolute Gasteiger partial charge is 0.292 e. The lowest BCUT2D eigenvalue weighted by molar-refractivity contribution is 0.296. The Morgan fingerprint density at radius 1 is 0.944 bits per heavy atom. The molecule has 0 heterocycles. The molecule has 0 radical (unpaired) electrons. The Labute approximate surface area is 112 Å². The molecular formula is C17H25N. The van der Waals surface area contributed by atoms with E-state index in [9.17, 15) is 0 Å². The van der Waals surface area contributed by atoms with Crippen LogP contribution >= 0.6 is 0 Å². The zero-order valence-corrected chi connectivity index (χ0v) is 11.8. The number of unbranched alkanes of at least 4 members (excludes halogenated alkanes) is 2. The highest BCUT2D eigenvalue weighted by atomic mass is 15.1. The number of hydrogen-bond donors (Lipinski definition) is 0. The normalized spacial score (nSPS) is 10.2. The number of rotatable bonds is 7. The molecule has 1 heteroatoms. The lowest BCUT2D eigenvalue weighted by Gasteiger charge is -2.18. The van der Waals surface area contributed by atoms with Crippen LogP contribution < -0.4 is 0 Å². The molecule has 0 unspecified atom stereocenters. The Morgan fingerprint density at radius 3 is 2.11 bits per heavy atom. The van der Waals surface area contributed by atoms with Crippen LogP contribution in [0.4, 0.5) is 0 Å². The summed E-state index contributed by atoms with van der Waals surface area (Å²) in [5.41, 5.74) is 1.11. The first-order valence-corrected chi connectivity index (χ1v) is 7.13. The third-order valence-electron chi connectivity index (χ3n) is 2.96. The summed E-state index contributed by atoms with van der Waals surface area (Å²) in [4.78, 5) is 2.48. The Bertz CT molecular complexity index is 350. The maximum absolute atomic E-state index is 3.30. The van der Waals surface area contributed by atoms with Gasteiger partial charge in [0.2, 0.25) is 0 Å². The summed E-state index contributed by atoms with van der Waals surface area (Å²) < 4.78 is 0. The van der Waals surface area contributed by atoms with E-state index in [0.717, 1.165) is 12.1 Å². The minimum Gasteiger partial charge on any atom is -0.292 e. The van der Waals surface area contributed by atoms with Gasteiger partial charge in [0, 0.05) is 5.56 Å². The van der Waals surface area contributed by atoms with Crippen LogP contribution in [0.25, 0.3) is 0 Å². The molecule has 1 aromatic carbocycles. The van der Waals surface area contributed by atoms with E-state index in [-0.39, 0.29) is 0 Å². The average Bonchev–Trinajstić information content (AvgIpc) is 2.42. The van der Waals surface area contributed by atoms with Gasteiger partial charge >= 0.3 is 0 Å². The summed E-state index contributed by atoms with van der Waals surface area (Å²) >= 11 is 0. The molecule has 0 atom stereocenters. The number of hydrogen-bond acceptors (Lipinski definition) is 1. The molecule has 18 heavy (non-hydrogen) atoms. The van der Waals surface area contributed by atoms with Gasteiger partial charge in [0.25, 0.3) is 0 Å². The van der Waals surface area contributed by atoms with Crippen molar-refractivity contribution < 1.29 is 0 Å². The van der Waals surface area contributed by atoms with Crippen molar-refractivity contribution in [2.45, 2.75) is 39.5 Å². The van der Waals surface area contributed by atoms with E-state index >= 15 is 0 Å². The van der Waals surface area contributed by atoms with Crippen molar-refractivity contribution in [2.75, 3.05) is 19.6 Å². The van der Waals surface area contributed by atoms with Gasteiger partial charge in [-0.05, 0) is 38.1 Å². The van der Waals surface area contributed by atoms with Gasteiger partial charge < -0.3 is 0 Å². The summed E-state index contributed by atoms with van der Waals surface area (Å²) in [5.74, 6) is 6.53. The second-order valence-corrected chi connectivity index (χ2v) is 4.65. The van der Waals surface area contributed by atoms with Crippen LogP contribution in [-0.4, -0.2) is 24.5 Å². The molecule has 0 aromatic heterocycles. The molecule has 0 bridgehead atoms. The van der Waals surface area contributed by atoms with Crippen molar-refractivity contribution in [2.24, 2.45) is 0 Å². The van der Waals surface area contributed by atoms with Crippen LogP contribution in [0.2, 0.25) is 0 Å². The monoisotopic (exact) mass is 243 g/mol. The molecule has 0 N–H and O–H groups in total. The quantitative estimate of drug-likeness (QED) is 0.656. The first-order valence-electron chi connectivity index (χ1n) is 7.13. The maximum Gasteiger partial charge on any atom is 0.0605 e. The van der Waals surface area contributed by atoms with E-state index < -0.39 is 0 Å². The zero-order chi connectivity index (χ0) is 13.1. The van der Waals surface area contributed by atoms with Gasteiger partial charge in [-0.25, -0.2) is 0 Å². The van der Waals surface area contributed by atoms with Crippen molar-refractivity contribution in [3.63, 3.8) is 0 Å². The molecule has 0 amide bonds. The van der Waals surface area contributed by atoms with Crippen molar-refractivity contribution in [3.05, 3.63) is 35.9 Å². The first-order chi connectivity index (χ1) is 8.86. The van der Waals surface area contributed by atoms with Gasteiger partial charge in [-0.2, -0.15) is 0 Å². The molecule has 0 aliphatic carbocycles. The Balaban J connectivity index is 2.42. The second kappa shape index (κ2) is 9.74. The fraction of sp³-hybridized carbons (Fsp3) is 0.529. The molecule has 0 aliphatic heterocycles. The van der Waals surface area contributed by atoms with Gasteiger partial charge in [-0.3, -0.25) is 4.90 Å². The molecule has 0 aliphatic rings. The Hall–Kier alpha value is -1.26. The zero-order valence-electron chi connectivity index (χ0n) is 11.8. The highest BCUT2D eigenvalue weighted by molar-refractivity contribution is 5.33. The predicted octanol–water partition coefficient (Wildman–Crippen LogP) is 3.94. The number of nitrogens with zero attached hydrogens (tertiary/aromatic N) is 1. The van der Waals surface area contributed by atoms with Gasteiger partial charge in [0.1, 0.15) is 0 Å². The molecule has 98 valence electrons. The van der Waals surface area contributed by atoms with Crippen molar-refractivity contribution in [1.29, 1.82) is 0 Å². The smallest absolute Gasteiger partial charge is 0.0605 e. The minimum atomic E-state index is 0.898. The molecule has 1 nitrogen and oxygen atoms in total. The van der Waals surface area contributed by atoms with E-state index in [2.05, 4.69) is 42.7 Å². The Kier molecular flexibility index (Phi) is 8.01. The fourth-order valence-corrected chi connectivity index (χ4v) is 1.81. The predicted molar refractivity (Wildman–Crippen MR) is 79.6 cm³/mol. The van der Waals surface area contributed by atoms with E-state index in [4.69, 9.17) is 0 Å². The lowest BCUT2D eigenvalue weighted by atomic mass is 10.2.